The van der Waals surface area contributed by atoms with E-state index < -0.39 is 0 Å². The minimum absolute atomic E-state index is 0.123. The number of carbonyl (C=O) groups is 1. The number of allylic oxidation sites excluding steroid dienone is 1. The van der Waals surface area contributed by atoms with E-state index in [0.717, 1.165) is 6.42 Å². The van der Waals surface area contributed by atoms with E-state index in [0.29, 0.717) is 5.92 Å². The Bertz CT molecular complexity index is 262. The van der Waals surface area contributed by atoms with E-state index in [4.69, 9.17) is 4.74 Å². The molecule has 0 bridgehead atoms. The molecule has 0 aromatic carbocycles. The highest BCUT2D eigenvalue weighted by Gasteiger charge is 2.24. The van der Waals surface area contributed by atoms with Crippen molar-refractivity contribution in [2.24, 2.45) is 5.92 Å². The van der Waals surface area contributed by atoms with Gasteiger partial charge in [-0.3, -0.25) is 0 Å². The van der Waals surface area contributed by atoms with Crippen LogP contribution in [0.15, 0.2) is 12.2 Å². The number of hydrogen-bond acceptors (Lipinski definition) is 2. The molecular formula is C15H29NO2. The predicted molar refractivity (Wildman–Crippen MR) is 76.6 cm³/mol. The Balaban J connectivity index is 4.65. The normalized spacial score (nSPS) is 13.7. The summed E-state index contributed by atoms with van der Waals surface area (Å²) >= 11 is 0. The molecule has 0 spiro atoms. The SMILES string of the molecule is C/C=C/C(CC(C)C)OC(=O)N(C(C)C)C(C)C. The minimum Gasteiger partial charge on any atom is -0.442 e. The first kappa shape index (κ1) is 17.0. The van der Waals surface area contributed by atoms with Gasteiger partial charge in [0.2, 0.25) is 0 Å². The molecule has 0 aliphatic carbocycles. The quantitative estimate of drug-likeness (QED) is 0.665. The van der Waals surface area contributed by atoms with Crippen LogP contribution in [0.3, 0.4) is 0 Å². The smallest absolute Gasteiger partial charge is 0.410 e. The van der Waals surface area contributed by atoms with Gasteiger partial charge in [-0.1, -0.05) is 19.9 Å². The van der Waals surface area contributed by atoms with Crippen LogP contribution in [0.25, 0.3) is 0 Å². The molecule has 0 heterocycles. The van der Waals surface area contributed by atoms with Gasteiger partial charge in [0.05, 0.1) is 0 Å². The van der Waals surface area contributed by atoms with Crippen LogP contribution in [0.1, 0.15) is 54.9 Å². The van der Waals surface area contributed by atoms with Crippen molar-refractivity contribution in [3.05, 3.63) is 12.2 Å². The third-order valence-corrected chi connectivity index (χ3v) is 2.69. The fourth-order valence-corrected chi connectivity index (χ4v) is 2.05. The fraction of sp³-hybridized carbons (Fsp3) is 0.800. The highest BCUT2D eigenvalue weighted by Crippen LogP contribution is 2.14. The highest BCUT2D eigenvalue weighted by molar-refractivity contribution is 5.68. The highest BCUT2D eigenvalue weighted by atomic mass is 16.6. The van der Waals surface area contributed by atoms with Crippen LogP contribution in [-0.2, 0) is 4.74 Å². The zero-order valence-corrected chi connectivity index (χ0v) is 12.9. The Hall–Kier alpha value is -0.990. The molecule has 0 N–H and O–H groups in total. The standard InChI is InChI=1S/C15H29NO2/c1-8-9-14(10-11(2)3)18-15(17)16(12(4)5)13(6)7/h8-9,11-14H,10H2,1-7H3/b9-8+. The van der Waals surface area contributed by atoms with Gasteiger partial charge in [0, 0.05) is 12.1 Å². The van der Waals surface area contributed by atoms with Crippen LogP contribution in [0.5, 0.6) is 0 Å². The van der Waals surface area contributed by atoms with E-state index >= 15 is 0 Å². The van der Waals surface area contributed by atoms with Gasteiger partial charge in [0.1, 0.15) is 6.10 Å². The summed E-state index contributed by atoms with van der Waals surface area (Å²) in [6, 6.07) is 0.311. The van der Waals surface area contributed by atoms with Crippen LogP contribution < -0.4 is 0 Å². The number of hydrogen-bond donors (Lipinski definition) is 0. The van der Waals surface area contributed by atoms with E-state index in [1.807, 2.05) is 46.8 Å². The van der Waals surface area contributed by atoms with Crippen molar-refractivity contribution in [1.82, 2.24) is 4.90 Å². The molecule has 1 amide bonds. The van der Waals surface area contributed by atoms with Gasteiger partial charge in [-0.2, -0.15) is 0 Å². The molecule has 0 saturated heterocycles. The Labute approximate surface area is 112 Å². The second kappa shape index (κ2) is 8.17. The first-order chi connectivity index (χ1) is 8.29. The summed E-state index contributed by atoms with van der Waals surface area (Å²) < 4.78 is 5.59. The molecule has 3 heteroatoms. The van der Waals surface area contributed by atoms with Crippen molar-refractivity contribution < 1.29 is 9.53 Å². The molecule has 3 nitrogen and oxygen atoms in total. The Morgan fingerprint density at radius 3 is 1.94 bits per heavy atom. The monoisotopic (exact) mass is 255 g/mol. The third kappa shape index (κ3) is 6.08. The molecule has 0 saturated carbocycles. The van der Waals surface area contributed by atoms with Gasteiger partial charge in [-0.05, 0) is 53.0 Å². The Morgan fingerprint density at radius 2 is 1.61 bits per heavy atom. The average Bonchev–Trinajstić information content (AvgIpc) is 2.14. The van der Waals surface area contributed by atoms with E-state index in [9.17, 15) is 4.79 Å². The van der Waals surface area contributed by atoms with Crippen molar-refractivity contribution in [2.75, 3.05) is 0 Å². The first-order valence-electron chi connectivity index (χ1n) is 6.91. The number of carbonyl (C=O) groups excluding carboxylic acids is 1. The molecule has 1 unspecified atom stereocenters. The van der Waals surface area contributed by atoms with E-state index in [-0.39, 0.29) is 24.3 Å². The van der Waals surface area contributed by atoms with Crippen molar-refractivity contribution in [2.45, 2.75) is 73.1 Å². The summed E-state index contributed by atoms with van der Waals surface area (Å²) in [6.45, 7) is 14.2. The minimum atomic E-state index is -0.219. The molecule has 1 atom stereocenters. The average molecular weight is 255 g/mol. The number of amides is 1. The summed E-state index contributed by atoms with van der Waals surface area (Å²) in [5.74, 6) is 0.505. The van der Waals surface area contributed by atoms with Crippen LogP contribution in [0, 0.1) is 5.92 Å². The van der Waals surface area contributed by atoms with Gasteiger partial charge >= 0.3 is 6.09 Å². The molecule has 0 aromatic rings. The second-order valence-electron chi connectivity index (χ2n) is 5.67. The Morgan fingerprint density at radius 1 is 1.11 bits per heavy atom. The molecule has 0 aliphatic heterocycles. The van der Waals surface area contributed by atoms with Crippen molar-refractivity contribution in [3.8, 4) is 0 Å². The molecule has 0 rings (SSSR count). The maximum absolute atomic E-state index is 12.2. The number of nitrogens with zero attached hydrogens (tertiary/aromatic N) is 1. The van der Waals surface area contributed by atoms with Gasteiger partial charge in [-0.15, -0.1) is 0 Å². The van der Waals surface area contributed by atoms with E-state index in [1.54, 1.807) is 4.90 Å². The van der Waals surface area contributed by atoms with E-state index in [2.05, 4.69) is 13.8 Å². The Kier molecular flexibility index (Phi) is 7.72. The van der Waals surface area contributed by atoms with Crippen molar-refractivity contribution >= 4 is 6.09 Å². The molecule has 0 fully saturated rings. The maximum Gasteiger partial charge on any atom is 0.410 e. The lowest BCUT2D eigenvalue weighted by atomic mass is 10.1. The lowest BCUT2D eigenvalue weighted by molar-refractivity contribution is 0.0541. The molecular weight excluding hydrogens is 226 g/mol. The summed E-state index contributed by atoms with van der Waals surface area (Å²) in [6.07, 6.45) is 4.41. The second-order valence-corrected chi connectivity index (χ2v) is 5.67. The van der Waals surface area contributed by atoms with Gasteiger partial charge in [0.25, 0.3) is 0 Å². The van der Waals surface area contributed by atoms with Gasteiger partial charge in [0.15, 0.2) is 0 Å². The maximum atomic E-state index is 12.2. The van der Waals surface area contributed by atoms with Crippen LogP contribution in [0.2, 0.25) is 0 Å². The molecule has 18 heavy (non-hydrogen) atoms. The third-order valence-electron chi connectivity index (χ3n) is 2.69. The molecule has 0 radical (unpaired) electrons. The van der Waals surface area contributed by atoms with Gasteiger partial charge < -0.3 is 9.64 Å². The summed E-state index contributed by atoms with van der Waals surface area (Å²) in [5.41, 5.74) is 0. The van der Waals surface area contributed by atoms with E-state index in [1.165, 1.54) is 0 Å². The zero-order valence-electron chi connectivity index (χ0n) is 12.9. The van der Waals surface area contributed by atoms with Crippen molar-refractivity contribution in [3.63, 3.8) is 0 Å². The summed E-state index contributed by atoms with van der Waals surface area (Å²) in [4.78, 5) is 13.9. The lowest BCUT2D eigenvalue weighted by Gasteiger charge is -2.31. The number of rotatable bonds is 6. The topological polar surface area (TPSA) is 29.5 Å². The lowest BCUT2D eigenvalue weighted by Crippen LogP contribution is -2.43. The molecule has 0 aliphatic rings. The molecule has 0 aromatic heterocycles. The summed E-state index contributed by atoms with van der Waals surface area (Å²) in [7, 11) is 0. The van der Waals surface area contributed by atoms with Crippen LogP contribution in [-0.4, -0.2) is 29.2 Å². The fourth-order valence-electron chi connectivity index (χ4n) is 2.05. The largest absolute Gasteiger partial charge is 0.442 e. The van der Waals surface area contributed by atoms with Crippen LogP contribution >= 0.6 is 0 Å². The number of ether oxygens (including phenoxy) is 1. The first-order valence-corrected chi connectivity index (χ1v) is 6.91. The predicted octanol–water partition coefficient (Wildman–Crippen LogP) is 4.23. The van der Waals surface area contributed by atoms with Crippen LogP contribution in [0.4, 0.5) is 4.79 Å². The summed E-state index contributed by atoms with van der Waals surface area (Å²) in [5, 5.41) is 0. The molecule has 106 valence electrons. The van der Waals surface area contributed by atoms with Gasteiger partial charge in [-0.25, -0.2) is 4.79 Å². The zero-order chi connectivity index (χ0) is 14.3. The van der Waals surface area contributed by atoms with Crippen molar-refractivity contribution in [1.29, 1.82) is 0 Å².